The van der Waals surface area contributed by atoms with Gasteiger partial charge in [0.25, 0.3) is 0 Å². The van der Waals surface area contributed by atoms with Gasteiger partial charge in [-0.3, -0.25) is 4.79 Å². The number of fused-ring (bicyclic) bond motifs is 1. The molecule has 7 nitrogen and oxygen atoms in total. The van der Waals surface area contributed by atoms with Crippen molar-refractivity contribution < 1.29 is 33.2 Å². The van der Waals surface area contributed by atoms with Gasteiger partial charge in [-0.2, -0.15) is 0 Å². The summed E-state index contributed by atoms with van der Waals surface area (Å²) in [4.78, 5) is 13.1. The van der Waals surface area contributed by atoms with Crippen molar-refractivity contribution >= 4 is 21.7 Å². The highest BCUT2D eigenvalue weighted by Gasteiger charge is 2.60. The van der Waals surface area contributed by atoms with E-state index >= 15 is 0 Å². The molecule has 30 heavy (non-hydrogen) atoms. The van der Waals surface area contributed by atoms with Crippen LogP contribution >= 0.6 is 0 Å². The summed E-state index contributed by atoms with van der Waals surface area (Å²) in [7, 11) is 3.91. The molecule has 3 fully saturated rings. The zero-order valence-corrected chi connectivity index (χ0v) is 18.5. The first-order valence-electron chi connectivity index (χ1n) is 10.6. The molecule has 9 heteroatoms. The second kappa shape index (κ2) is 7.95. The molecule has 0 radical (unpaired) electrons. The molecule has 0 amide bonds. The molecule has 0 spiro atoms. The van der Waals surface area contributed by atoms with E-state index in [1.165, 1.54) is 0 Å². The van der Waals surface area contributed by atoms with Gasteiger partial charge in [-0.05, 0) is 33.5 Å². The fourth-order valence-electron chi connectivity index (χ4n) is 4.31. The second-order valence-corrected chi connectivity index (χ2v) is 9.33. The Balaban J connectivity index is 1.50. The van der Waals surface area contributed by atoms with Gasteiger partial charge in [0.05, 0.1) is 6.61 Å². The summed E-state index contributed by atoms with van der Waals surface area (Å²) in [6.45, 7) is 7.69. The summed E-state index contributed by atoms with van der Waals surface area (Å²) in [5.41, 5.74) is 1.09. The highest BCUT2D eigenvalue weighted by atomic mass is 16.8. The van der Waals surface area contributed by atoms with Crippen LogP contribution in [0.1, 0.15) is 39.1 Å². The number of hydrogen-bond donors (Lipinski definition) is 0. The van der Waals surface area contributed by atoms with Gasteiger partial charge in [-0.1, -0.05) is 35.9 Å². The molecule has 3 heterocycles. The molecule has 0 aromatic heterocycles. The van der Waals surface area contributed by atoms with Crippen LogP contribution in [0.3, 0.4) is 0 Å². The zero-order valence-electron chi connectivity index (χ0n) is 18.5. The molecule has 3 aliphatic heterocycles. The van der Waals surface area contributed by atoms with Crippen LogP contribution in [0.4, 0.5) is 0 Å². The maximum atomic E-state index is 13.1. The number of esters is 1. The molecule has 0 aliphatic carbocycles. The molecular formula is C21H30B2O7. The number of rotatable bonds is 5. The number of carbonyl (C=O) groups is 1. The van der Waals surface area contributed by atoms with Gasteiger partial charge in [0.1, 0.15) is 27.9 Å². The third-order valence-corrected chi connectivity index (χ3v) is 6.12. The standard InChI is InChI=1S/C21H30B2O7/c1-20(2)25-10-12(28-20)15-16(17-19(27-15)30-21(3,4)29-17)26-18(24)14(23)13(22)11-8-6-5-7-9-11/h5-9,12-17,19H,10,22-23H2,1-4H3/t12-,13?,14?,15-,16+,17-,19-/m1/s1. The van der Waals surface area contributed by atoms with Crippen molar-refractivity contribution in [1.29, 1.82) is 0 Å². The number of hydrogen-bond acceptors (Lipinski definition) is 7. The molecule has 2 unspecified atom stereocenters. The summed E-state index contributed by atoms with van der Waals surface area (Å²) in [5.74, 6) is -2.13. The third-order valence-electron chi connectivity index (χ3n) is 6.12. The molecule has 0 saturated carbocycles. The SMILES string of the molecule is BC(C(=O)O[C@@H]1[C@H]2OC(C)(C)O[C@H]2O[C@@H]1[C@H]1COC(C)(C)O1)C(B)c1ccccc1. The van der Waals surface area contributed by atoms with Crippen molar-refractivity contribution in [3.05, 3.63) is 35.9 Å². The van der Waals surface area contributed by atoms with Crippen LogP contribution in [0, 0.1) is 0 Å². The smallest absolute Gasteiger partial charge is 0.301 e. The normalized spacial score (nSPS) is 36.2. The lowest BCUT2D eigenvalue weighted by Crippen LogP contribution is -2.45. The van der Waals surface area contributed by atoms with Crippen molar-refractivity contribution in [2.24, 2.45) is 0 Å². The Bertz CT molecular complexity index is 772. The van der Waals surface area contributed by atoms with Crippen LogP contribution in [-0.4, -0.2) is 70.5 Å². The minimum atomic E-state index is -0.805. The first-order chi connectivity index (χ1) is 14.1. The van der Waals surface area contributed by atoms with Gasteiger partial charge in [0.15, 0.2) is 30.1 Å². The van der Waals surface area contributed by atoms with E-state index < -0.39 is 36.2 Å². The van der Waals surface area contributed by atoms with Crippen molar-refractivity contribution in [1.82, 2.24) is 0 Å². The van der Waals surface area contributed by atoms with Crippen molar-refractivity contribution in [2.45, 2.75) is 81.6 Å². The summed E-state index contributed by atoms with van der Waals surface area (Å²) in [6.07, 6.45) is -2.67. The molecule has 162 valence electrons. The first-order valence-corrected chi connectivity index (χ1v) is 10.6. The lowest BCUT2D eigenvalue weighted by Gasteiger charge is -2.30. The lowest BCUT2D eigenvalue weighted by molar-refractivity contribution is -0.235. The van der Waals surface area contributed by atoms with Crippen molar-refractivity contribution in [3.63, 3.8) is 0 Å². The highest BCUT2D eigenvalue weighted by Crippen LogP contribution is 2.42. The Morgan fingerprint density at radius 2 is 1.73 bits per heavy atom. The van der Waals surface area contributed by atoms with E-state index in [1.54, 1.807) is 0 Å². The van der Waals surface area contributed by atoms with Gasteiger partial charge in [-0.25, -0.2) is 0 Å². The Morgan fingerprint density at radius 1 is 1.03 bits per heavy atom. The Hall–Kier alpha value is -1.38. The Morgan fingerprint density at radius 3 is 2.37 bits per heavy atom. The van der Waals surface area contributed by atoms with Crippen LogP contribution in [0.5, 0.6) is 0 Å². The molecule has 0 bridgehead atoms. The van der Waals surface area contributed by atoms with Gasteiger partial charge in [0.2, 0.25) is 0 Å². The van der Waals surface area contributed by atoms with Gasteiger partial charge >= 0.3 is 5.97 Å². The fraction of sp³-hybridized carbons (Fsp3) is 0.667. The third kappa shape index (κ3) is 4.32. The quantitative estimate of drug-likeness (QED) is 0.518. The van der Waals surface area contributed by atoms with Crippen LogP contribution < -0.4 is 0 Å². The van der Waals surface area contributed by atoms with E-state index in [9.17, 15) is 4.79 Å². The molecule has 1 aromatic rings. The van der Waals surface area contributed by atoms with E-state index in [1.807, 2.05) is 73.7 Å². The molecule has 7 atom stereocenters. The zero-order chi connectivity index (χ0) is 21.7. The monoisotopic (exact) mass is 416 g/mol. The number of carbonyl (C=O) groups excluding carboxylic acids is 1. The maximum absolute atomic E-state index is 13.1. The molecule has 3 aliphatic rings. The minimum absolute atomic E-state index is 0.0115. The van der Waals surface area contributed by atoms with Crippen LogP contribution in [0.25, 0.3) is 0 Å². The van der Waals surface area contributed by atoms with Gasteiger partial charge in [0, 0.05) is 5.82 Å². The predicted molar refractivity (Wildman–Crippen MR) is 114 cm³/mol. The maximum Gasteiger partial charge on any atom is 0.301 e. The number of ether oxygens (including phenoxy) is 6. The van der Waals surface area contributed by atoms with Crippen LogP contribution in [0.2, 0.25) is 5.82 Å². The predicted octanol–water partition coefficient (Wildman–Crippen LogP) is 0.722. The van der Waals surface area contributed by atoms with Crippen molar-refractivity contribution in [3.8, 4) is 0 Å². The van der Waals surface area contributed by atoms with Gasteiger partial charge in [-0.15, -0.1) is 0 Å². The van der Waals surface area contributed by atoms with Crippen molar-refractivity contribution in [2.75, 3.05) is 6.61 Å². The summed E-state index contributed by atoms with van der Waals surface area (Å²) in [6, 6.07) is 9.95. The fourth-order valence-corrected chi connectivity index (χ4v) is 4.31. The molecule has 4 rings (SSSR count). The Kier molecular flexibility index (Phi) is 5.79. The summed E-state index contributed by atoms with van der Waals surface area (Å²) >= 11 is 0. The highest BCUT2D eigenvalue weighted by molar-refractivity contribution is 6.29. The first kappa shape index (κ1) is 21.8. The second-order valence-electron chi connectivity index (χ2n) is 9.33. The molecule has 1 aromatic carbocycles. The summed E-state index contributed by atoms with van der Waals surface area (Å²) in [5, 5.41) is 0. The lowest BCUT2D eigenvalue weighted by atomic mass is 9.63. The minimum Gasteiger partial charge on any atom is -0.457 e. The summed E-state index contributed by atoms with van der Waals surface area (Å²) < 4.78 is 35.7. The van der Waals surface area contributed by atoms with E-state index in [0.717, 1.165) is 5.56 Å². The van der Waals surface area contributed by atoms with E-state index in [0.29, 0.717) is 6.61 Å². The van der Waals surface area contributed by atoms with Crippen LogP contribution in [0.15, 0.2) is 30.3 Å². The molecular weight excluding hydrogens is 386 g/mol. The van der Waals surface area contributed by atoms with E-state index in [-0.39, 0.29) is 23.7 Å². The largest absolute Gasteiger partial charge is 0.457 e. The van der Waals surface area contributed by atoms with Crippen LogP contribution in [-0.2, 0) is 33.2 Å². The van der Waals surface area contributed by atoms with E-state index in [4.69, 9.17) is 28.4 Å². The average molecular weight is 416 g/mol. The average Bonchev–Trinajstić information content (AvgIpc) is 3.31. The van der Waals surface area contributed by atoms with Gasteiger partial charge < -0.3 is 28.4 Å². The molecule has 3 saturated heterocycles. The van der Waals surface area contributed by atoms with E-state index in [2.05, 4.69) is 0 Å². The topological polar surface area (TPSA) is 72.5 Å². The Labute approximate surface area is 179 Å². The number of benzene rings is 1. The molecule has 0 N–H and O–H groups in total.